The Hall–Kier alpha value is -0.0800. The molecule has 0 radical (unpaired) electrons. The number of nitrogens with one attached hydrogen (secondary N) is 1. The molecule has 2 heteroatoms. The van der Waals surface area contributed by atoms with Gasteiger partial charge in [0.05, 0.1) is 0 Å². The Bertz CT molecular complexity index is 102. The molecule has 0 saturated heterocycles. The molecule has 0 aliphatic carbocycles. The third kappa shape index (κ3) is 7.03. The summed E-state index contributed by atoms with van der Waals surface area (Å²) in [6.45, 7) is 13.7. The lowest BCUT2D eigenvalue weighted by Gasteiger charge is -2.25. The maximum atomic E-state index is 3.36. The molecule has 0 aromatic heterocycles. The molecule has 0 aromatic rings. The molecule has 0 atom stereocenters. The summed E-state index contributed by atoms with van der Waals surface area (Å²) in [5.74, 6) is 0. The first-order chi connectivity index (χ1) is 6.22. The zero-order valence-electron chi connectivity index (χ0n) is 9.77. The van der Waals surface area contributed by atoms with E-state index >= 15 is 0 Å². The molecule has 80 valence electrons. The summed E-state index contributed by atoms with van der Waals surface area (Å²) < 4.78 is 0. The van der Waals surface area contributed by atoms with Gasteiger partial charge < -0.3 is 10.2 Å². The van der Waals surface area contributed by atoms with E-state index in [1.54, 1.807) is 0 Å². The van der Waals surface area contributed by atoms with E-state index < -0.39 is 0 Å². The summed E-state index contributed by atoms with van der Waals surface area (Å²) >= 11 is 0. The van der Waals surface area contributed by atoms with Crippen LogP contribution in [0.3, 0.4) is 0 Å². The van der Waals surface area contributed by atoms with Crippen molar-refractivity contribution >= 4 is 0 Å². The summed E-state index contributed by atoms with van der Waals surface area (Å²) in [6.07, 6.45) is 2.53. The number of rotatable bonds is 8. The van der Waals surface area contributed by atoms with Crippen molar-refractivity contribution in [3.8, 4) is 0 Å². The van der Waals surface area contributed by atoms with Crippen molar-refractivity contribution in [2.24, 2.45) is 0 Å². The van der Waals surface area contributed by atoms with Crippen LogP contribution in [0.15, 0.2) is 0 Å². The van der Waals surface area contributed by atoms with Gasteiger partial charge in [0.15, 0.2) is 0 Å². The van der Waals surface area contributed by atoms with Crippen LogP contribution in [0.5, 0.6) is 0 Å². The van der Waals surface area contributed by atoms with Crippen molar-refractivity contribution in [3.05, 3.63) is 0 Å². The standard InChI is InChI=1S/C11H26N2/c1-5-9-13(11(3)4)10-7-8-12-6-2/h11-12H,5-10H2,1-4H3. The Labute approximate surface area is 83.7 Å². The normalized spacial score (nSPS) is 11.5. The van der Waals surface area contributed by atoms with Crippen molar-refractivity contribution in [2.75, 3.05) is 26.2 Å². The van der Waals surface area contributed by atoms with Crippen LogP contribution in [0.2, 0.25) is 0 Å². The second-order valence-corrected chi connectivity index (χ2v) is 3.84. The van der Waals surface area contributed by atoms with Crippen LogP contribution < -0.4 is 5.32 Å². The molecule has 1 N–H and O–H groups in total. The molecule has 0 aliphatic heterocycles. The predicted molar refractivity (Wildman–Crippen MR) is 60.2 cm³/mol. The minimum atomic E-state index is 0.696. The molecule has 0 aliphatic rings. The van der Waals surface area contributed by atoms with E-state index in [1.807, 2.05) is 0 Å². The molecule has 0 rings (SSSR count). The van der Waals surface area contributed by atoms with Crippen molar-refractivity contribution in [2.45, 2.75) is 46.6 Å². The van der Waals surface area contributed by atoms with Crippen LogP contribution >= 0.6 is 0 Å². The monoisotopic (exact) mass is 186 g/mol. The van der Waals surface area contributed by atoms with Gasteiger partial charge in [-0.05, 0) is 52.9 Å². The molecule has 2 nitrogen and oxygen atoms in total. The smallest absolute Gasteiger partial charge is 0.00385 e. The molecule has 0 amide bonds. The van der Waals surface area contributed by atoms with Gasteiger partial charge in [-0.15, -0.1) is 0 Å². The van der Waals surface area contributed by atoms with E-state index in [0.29, 0.717) is 6.04 Å². The zero-order chi connectivity index (χ0) is 10.1. The SMILES string of the molecule is CCCN(CCCNCC)C(C)C. The van der Waals surface area contributed by atoms with Gasteiger partial charge in [0.25, 0.3) is 0 Å². The number of hydrogen-bond acceptors (Lipinski definition) is 2. The Kier molecular flexibility index (Phi) is 8.46. The van der Waals surface area contributed by atoms with Crippen LogP contribution in [0.1, 0.15) is 40.5 Å². The highest BCUT2D eigenvalue weighted by Crippen LogP contribution is 2.00. The second-order valence-electron chi connectivity index (χ2n) is 3.84. The zero-order valence-corrected chi connectivity index (χ0v) is 9.77. The Morgan fingerprint density at radius 2 is 1.85 bits per heavy atom. The first-order valence-electron chi connectivity index (χ1n) is 5.67. The average molecular weight is 186 g/mol. The van der Waals surface area contributed by atoms with E-state index in [2.05, 4.69) is 37.9 Å². The van der Waals surface area contributed by atoms with Gasteiger partial charge in [0.1, 0.15) is 0 Å². The third-order valence-electron chi connectivity index (χ3n) is 2.29. The molecule has 13 heavy (non-hydrogen) atoms. The summed E-state index contributed by atoms with van der Waals surface area (Å²) in [7, 11) is 0. The minimum absolute atomic E-state index is 0.696. The molecule has 0 unspecified atom stereocenters. The highest BCUT2D eigenvalue weighted by Gasteiger charge is 2.06. The Morgan fingerprint density at radius 1 is 1.15 bits per heavy atom. The lowest BCUT2D eigenvalue weighted by atomic mass is 10.2. The third-order valence-corrected chi connectivity index (χ3v) is 2.29. The molecular formula is C11H26N2. The van der Waals surface area contributed by atoms with E-state index in [-0.39, 0.29) is 0 Å². The minimum Gasteiger partial charge on any atom is -0.317 e. The van der Waals surface area contributed by atoms with Gasteiger partial charge in [-0.25, -0.2) is 0 Å². The van der Waals surface area contributed by atoms with Crippen molar-refractivity contribution in [1.82, 2.24) is 10.2 Å². The van der Waals surface area contributed by atoms with Crippen LogP contribution in [-0.4, -0.2) is 37.1 Å². The lowest BCUT2D eigenvalue weighted by molar-refractivity contribution is 0.219. The summed E-state index contributed by atoms with van der Waals surface area (Å²) in [5.41, 5.74) is 0. The van der Waals surface area contributed by atoms with Gasteiger partial charge in [-0.1, -0.05) is 13.8 Å². The molecule has 0 bridgehead atoms. The van der Waals surface area contributed by atoms with Crippen LogP contribution in [0, 0.1) is 0 Å². The van der Waals surface area contributed by atoms with Crippen molar-refractivity contribution in [1.29, 1.82) is 0 Å². The van der Waals surface area contributed by atoms with Gasteiger partial charge in [-0.3, -0.25) is 0 Å². The number of hydrogen-bond donors (Lipinski definition) is 1. The van der Waals surface area contributed by atoms with Gasteiger partial charge in [0.2, 0.25) is 0 Å². The van der Waals surface area contributed by atoms with E-state index in [1.165, 1.54) is 25.9 Å². The largest absolute Gasteiger partial charge is 0.317 e. The maximum absolute atomic E-state index is 3.36. The first kappa shape index (κ1) is 12.9. The molecule has 0 saturated carbocycles. The average Bonchev–Trinajstić information content (AvgIpc) is 2.10. The summed E-state index contributed by atoms with van der Waals surface area (Å²) in [5, 5.41) is 3.36. The van der Waals surface area contributed by atoms with E-state index in [9.17, 15) is 0 Å². The quantitative estimate of drug-likeness (QED) is 0.584. The van der Waals surface area contributed by atoms with Crippen molar-refractivity contribution in [3.63, 3.8) is 0 Å². The first-order valence-corrected chi connectivity index (χ1v) is 5.67. The maximum Gasteiger partial charge on any atom is 0.00385 e. The summed E-state index contributed by atoms with van der Waals surface area (Å²) in [6, 6.07) is 0.696. The Morgan fingerprint density at radius 3 is 2.31 bits per heavy atom. The highest BCUT2D eigenvalue weighted by atomic mass is 15.1. The number of nitrogens with zero attached hydrogens (tertiary/aromatic N) is 1. The summed E-state index contributed by atoms with van der Waals surface area (Å²) in [4.78, 5) is 2.55. The topological polar surface area (TPSA) is 15.3 Å². The van der Waals surface area contributed by atoms with Crippen LogP contribution in [0.25, 0.3) is 0 Å². The van der Waals surface area contributed by atoms with E-state index in [0.717, 1.165) is 13.1 Å². The fraction of sp³-hybridized carbons (Fsp3) is 1.00. The van der Waals surface area contributed by atoms with Gasteiger partial charge >= 0.3 is 0 Å². The van der Waals surface area contributed by atoms with Gasteiger partial charge in [-0.2, -0.15) is 0 Å². The van der Waals surface area contributed by atoms with Gasteiger partial charge in [0, 0.05) is 6.04 Å². The molecule has 0 fully saturated rings. The highest BCUT2D eigenvalue weighted by molar-refractivity contribution is 4.62. The fourth-order valence-electron chi connectivity index (χ4n) is 1.50. The molecule has 0 heterocycles. The van der Waals surface area contributed by atoms with Crippen LogP contribution in [-0.2, 0) is 0 Å². The van der Waals surface area contributed by atoms with Crippen LogP contribution in [0.4, 0.5) is 0 Å². The van der Waals surface area contributed by atoms with E-state index in [4.69, 9.17) is 0 Å². The second kappa shape index (κ2) is 8.52. The lowest BCUT2D eigenvalue weighted by Crippen LogP contribution is -2.34. The Balaban J connectivity index is 3.45. The molecule has 0 aromatic carbocycles. The van der Waals surface area contributed by atoms with Crippen molar-refractivity contribution < 1.29 is 0 Å². The molecule has 0 spiro atoms. The predicted octanol–water partition coefficient (Wildman–Crippen LogP) is 2.11. The molecular weight excluding hydrogens is 160 g/mol. The fourth-order valence-corrected chi connectivity index (χ4v) is 1.50.